The van der Waals surface area contributed by atoms with Crippen LogP contribution in [-0.4, -0.2) is 18.2 Å². The Morgan fingerprint density at radius 3 is 2.65 bits per heavy atom. The number of fused-ring (bicyclic) bond motifs is 2. The van der Waals surface area contributed by atoms with Crippen molar-refractivity contribution in [1.29, 1.82) is 0 Å². The molecule has 0 saturated heterocycles. The molecule has 0 atom stereocenters. The summed E-state index contributed by atoms with van der Waals surface area (Å²) < 4.78 is 5.45. The number of phenolic OH excluding ortho intramolecular Hbond substituents is 1. The van der Waals surface area contributed by atoms with Crippen LogP contribution in [0, 0.1) is 6.92 Å². The van der Waals surface area contributed by atoms with Gasteiger partial charge in [-0.15, -0.1) is 0 Å². The molecular weight excluding hydrogens is 254 g/mol. The van der Waals surface area contributed by atoms with Crippen LogP contribution >= 0.6 is 0 Å². The SMILES string of the molecule is Cc1cc(=O)oc2c3c4c(c(O)c12)CCCN4CCC3. The van der Waals surface area contributed by atoms with E-state index >= 15 is 0 Å². The first-order valence-electron chi connectivity index (χ1n) is 7.23. The molecule has 1 aromatic carbocycles. The Hall–Kier alpha value is -1.97. The third-order valence-electron chi connectivity index (χ3n) is 4.55. The number of phenols is 1. The summed E-state index contributed by atoms with van der Waals surface area (Å²) in [5.41, 5.74) is 4.34. The van der Waals surface area contributed by atoms with Gasteiger partial charge in [-0.3, -0.25) is 0 Å². The lowest BCUT2D eigenvalue weighted by atomic mass is 9.88. The molecular formula is C16H17NO3. The number of aryl methyl sites for hydroxylation is 2. The van der Waals surface area contributed by atoms with Gasteiger partial charge in [0.2, 0.25) is 0 Å². The monoisotopic (exact) mass is 271 g/mol. The highest BCUT2D eigenvalue weighted by atomic mass is 16.4. The minimum absolute atomic E-state index is 0.312. The third-order valence-corrected chi connectivity index (χ3v) is 4.55. The molecule has 3 heterocycles. The van der Waals surface area contributed by atoms with Crippen molar-refractivity contribution in [1.82, 2.24) is 0 Å². The van der Waals surface area contributed by atoms with Gasteiger partial charge in [-0.1, -0.05) is 0 Å². The molecule has 104 valence electrons. The second-order valence-electron chi connectivity index (χ2n) is 5.80. The van der Waals surface area contributed by atoms with Crippen molar-refractivity contribution in [2.45, 2.75) is 32.6 Å². The van der Waals surface area contributed by atoms with E-state index in [-0.39, 0.29) is 5.63 Å². The summed E-state index contributed by atoms with van der Waals surface area (Å²) >= 11 is 0. The van der Waals surface area contributed by atoms with Gasteiger partial charge in [-0.05, 0) is 38.2 Å². The first-order valence-corrected chi connectivity index (χ1v) is 7.23. The Morgan fingerprint density at radius 1 is 1.20 bits per heavy atom. The molecule has 0 saturated carbocycles. The summed E-state index contributed by atoms with van der Waals surface area (Å²) in [6, 6.07) is 1.46. The zero-order valence-electron chi connectivity index (χ0n) is 11.5. The second kappa shape index (κ2) is 4.01. The van der Waals surface area contributed by atoms with E-state index in [4.69, 9.17) is 4.42 Å². The highest BCUT2D eigenvalue weighted by molar-refractivity contribution is 5.96. The summed E-state index contributed by atoms with van der Waals surface area (Å²) in [5, 5.41) is 11.4. The zero-order chi connectivity index (χ0) is 13.9. The smallest absolute Gasteiger partial charge is 0.336 e. The molecule has 1 aromatic heterocycles. The van der Waals surface area contributed by atoms with Gasteiger partial charge in [0.05, 0.1) is 11.1 Å². The molecule has 0 bridgehead atoms. The maximum Gasteiger partial charge on any atom is 0.336 e. The molecule has 1 N–H and O–H groups in total. The van der Waals surface area contributed by atoms with Gasteiger partial charge in [-0.2, -0.15) is 0 Å². The standard InChI is InChI=1S/C16H17NO3/c1-9-8-12(18)20-16-11-5-3-7-17-6-2-4-10(14(11)17)15(19)13(9)16/h8,19H,2-7H2,1H3. The Balaban J connectivity index is 2.21. The molecule has 0 radical (unpaired) electrons. The zero-order valence-corrected chi connectivity index (χ0v) is 11.5. The fourth-order valence-corrected chi connectivity index (χ4v) is 3.75. The van der Waals surface area contributed by atoms with Crippen molar-refractivity contribution in [2.75, 3.05) is 18.0 Å². The topological polar surface area (TPSA) is 53.7 Å². The molecule has 0 amide bonds. The first kappa shape index (κ1) is 11.8. The maximum absolute atomic E-state index is 11.7. The van der Waals surface area contributed by atoms with Gasteiger partial charge in [0.1, 0.15) is 11.3 Å². The number of hydrogen-bond acceptors (Lipinski definition) is 4. The van der Waals surface area contributed by atoms with E-state index in [1.807, 2.05) is 6.92 Å². The largest absolute Gasteiger partial charge is 0.507 e. The number of hydrogen-bond donors (Lipinski definition) is 1. The highest BCUT2D eigenvalue weighted by Crippen LogP contribution is 2.46. The fraction of sp³-hybridized carbons (Fsp3) is 0.438. The van der Waals surface area contributed by atoms with Crippen LogP contribution in [0.1, 0.15) is 29.5 Å². The minimum atomic E-state index is -0.335. The van der Waals surface area contributed by atoms with Gasteiger partial charge < -0.3 is 14.4 Å². The quantitative estimate of drug-likeness (QED) is 0.748. The average molecular weight is 271 g/mol. The molecule has 0 unspecified atom stereocenters. The van der Waals surface area contributed by atoms with Gasteiger partial charge in [0, 0.05) is 30.3 Å². The van der Waals surface area contributed by atoms with Gasteiger partial charge >= 0.3 is 5.63 Å². The van der Waals surface area contributed by atoms with Crippen LogP contribution in [0.3, 0.4) is 0 Å². The molecule has 4 rings (SSSR count). The summed E-state index contributed by atoms with van der Waals surface area (Å²) in [6.07, 6.45) is 3.96. The van der Waals surface area contributed by atoms with E-state index in [0.717, 1.165) is 66.5 Å². The number of rotatable bonds is 0. The predicted molar refractivity (Wildman–Crippen MR) is 77.7 cm³/mol. The lowest BCUT2D eigenvalue weighted by molar-refractivity contribution is 0.465. The lowest BCUT2D eigenvalue weighted by Crippen LogP contribution is -2.34. The van der Waals surface area contributed by atoms with E-state index < -0.39 is 0 Å². The van der Waals surface area contributed by atoms with Crippen LogP contribution in [0.2, 0.25) is 0 Å². The highest BCUT2D eigenvalue weighted by Gasteiger charge is 2.30. The van der Waals surface area contributed by atoms with E-state index in [0.29, 0.717) is 11.3 Å². The molecule has 2 aromatic rings. The summed E-state index contributed by atoms with van der Waals surface area (Å²) in [7, 11) is 0. The van der Waals surface area contributed by atoms with Crippen molar-refractivity contribution in [3.8, 4) is 5.75 Å². The molecule has 4 heteroatoms. The molecule has 2 aliphatic rings. The summed E-state index contributed by atoms with van der Waals surface area (Å²) in [5.74, 6) is 0.312. The number of nitrogens with zero attached hydrogens (tertiary/aromatic N) is 1. The van der Waals surface area contributed by atoms with Crippen molar-refractivity contribution in [3.05, 3.63) is 33.2 Å². The van der Waals surface area contributed by atoms with E-state index in [9.17, 15) is 9.90 Å². The predicted octanol–water partition coefficient (Wildman–Crippen LogP) is 2.51. The minimum Gasteiger partial charge on any atom is -0.507 e. The van der Waals surface area contributed by atoms with Crippen LogP contribution in [0.5, 0.6) is 5.75 Å². The Labute approximate surface area is 116 Å². The molecule has 0 spiro atoms. The van der Waals surface area contributed by atoms with Gasteiger partial charge in [-0.25, -0.2) is 4.79 Å². The van der Waals surface area contributed by atoms with E-state index in [1.165, 1.54) is 6.07 Å². The molecule has 0 aliphatic carbocycles. The van der Waals surface area contributed by atoms with Crippen molar-refractivity contribution in [3.63, 3.8) is 0 Å². The van der Waals surface area contributed by atoms with E-state index in [1.54, 1.807) is 0 Å². The molecule has 20 heavy (non-hydrogen) atoms. The van der Waals surface area contributed by atoms with Crippen LogP contribution in [0.15, 0.2) is 15.3 Å². The Bertz CT molecular complexity index is 774. The van der Waals surface area contributed by atoms with Gasteiger partial charge in [0.15, 0.2) is 0 Å². The van der Waals surface area contributed by atoms with E-state index in [2.05, 4.69) is 4.90 Å². The fourth-order valence-electron chi connectivity index (χ4n) is 3.75. The normalized spacial score (nSPS) is 17.4. The number of aromatic hydroxyl groups is 1. The van der Waals surface area contributed by atoms with Crippen LogP contribution in [0.4, 0.5) is 5.69 Å². The summed E-state index contributed by atoms with van der Waals surface area (Å²) in [6.45, 7) is 3.92. The van der Waals surface area contributed by atoms with Crippen LogP contribution < -0.4 is 10.5 Å². The summed E-state index contributed by atoms with van der Waals surface area (Å²) in [4.78, 5) is 14.0. The van der Waals surface area contributed by atoms with Crippen LogP contribution in [-0.2, 0) is 12.8 Å². The Morgan fingerprint density at radius 2 is 1.90 bits per heavy atom. The lowest BCUT2D eigenvalue weighted by Gasteiger charge is -2.37. The van der Waals surface area contributed by atoms with Crippen molar-refractivity contribution in [2.24, 2.45) is 0 Å². The third kappa shape index (κ3) is 1.45. The average Bonchev–Trinajstić information content (AvgIpc) is 2.43. The Kier molecular flexibility index (Phi) is 2.37. The number of benzene rings is 1. The van der Waals surface area contributed by atoms with Crippen LogP contribution in [0.25, 0.3) is 11.0 Å². The van der Waals surface area contributed by atoms with Crippen molar-refractivity contribution < 1.29 is 9.52 Å². The maximum atomic E-state index is 11.7. The molecule has 4 nitrogen and oxygen atoms in total. The van der Waals surface area contributed by atoms with Crippen molar-refractivity contribution >= 4 is 16.7 Å². The van der Waals surface area contributed by atoms with Gasteiger partial charge in [0.25, 0.3) is 0 Å². The second-order valence-corrected chi connectivity index (χ2v) is 5.80. The molecule has 0 fully saturated rings. The molecule has 2 aliphatic heterocycles. The number of anilines is 1. The first-order chi connectivity index (χ1) is 9.66.